The number of carbonyl (C=O) groups excluding carboxylic acids is 1. The van der Waals surface area contributed by atoms with Crippen LogP contribution >= 0.6 is 0 Å². The number of hydrogen-bond donors (Lipinski definition) is 1. The Bertz CT molecular complexity index is 978. The first-order valence-electron chi connectivity index (χ1n) is 10.2. The summed E-state index contributed by atoms with van der Waals surface area (Å²) in [6.45, 7) is 5.35. The van der Waals surface area contributed by atoms with Gasteiger partial charge in [0.15, 0.2) is 5.69 Å². The van der Waals surface area contributed by atoms with E-state index in [9.17, 15) is 4.79 Å². The molecule has 150 valence electrons. The molecule has 1 aliphatic rings. The molecular weight excluding hydrogens is 362 g/mol. The molecule has 4 rings (SSSR count). The number of likely N-dealkylation sites (tertiary alicyclic amines) is 1. The van der Waals surface area contributed by atoms with Crippen molar-refractivity contribution in [1.29, 1.82) is 0 Å². The molecule has 0 radical (unpaired) electrons. The van der Waals surface area contributed by atoms with Crippen LogP contribution in [0.4, 0.5) is 0 Å². The zero-order valence-corrected chi connectivity index (χ0v) is 17.0. The van der Waals surface area contributed by atoms with E-state index in [1.54, 1.807) is 4.68 Å². The normalized spacial score (nSPS) is 17.9. The van der Waals surface area contributed by atoms with Crippen molar-refractivity contribution in [2.75, 3.05) is 13.1 Å². The van der Waals surface area contributed by atoms with Crippen molar-refractivity contribution in [2.24, 2.45) is 11.7 Å². The number of nitrogens with two attached hydrogens (primary N) is 1. The minimum atomic E-state index is -0.0556. The van der Waals surface area contributed by atoms with Gasteiger partial charge in [-0.1, -0.05) is 47.7 Å². The fourth-order valence-corrected chi connectivity index (χ4v) is 3.97. The average Bonchev–Trinajstić information content (AvgIpc) is 3.15. The Morgan fingerprint density at radius 2 is 1.79 bits per heavy atom. The lowest BCUT2D eigenvalue weighted by Gasteiger charge is -2.34. The second kappa shape index (κ2) is 8.17. The average molecular weight is 390 g/mol. The van der Waals surface area contributed by atoms with Crippen LogP contribution in [0.5, 0.6) is 0 Å². The third kappa shape index (κ3) is 3.93. The Kier molecular flexibility index (Phi) is 5.45. The monoisotopic (exact) mass is 389 g/mol. The van der Waals surface area contributed by atoms with E-state index in [2.05, 4.69) is 34.6 Å². The van der Waals surface area contributed by atoms with E-state index >= 15 is 0 Å². The van der Waals surface area contributed by atoms with Crippen LogP contribution in [0.25, 0.3) is 16.8 Å². The number of rotatable bonds is 4. The van der Waals surface area contributed by atoms with Gasteiger partial charge in [-0.25, -0.2) is 4.68 Å². The predicted molar refractivity (Wildman–Crippen MR) is 114 cm³/mol. The highest BCUT2D eigenvalue weighted by atomic mass is 16.2. The van der Waals surface area contributed by atoms with Crippen LogP contribution in [0.1, 0.15) is 35.9 Å². The van der Waals surface area contributed by atoms with E-state index in [1.807, 2.05) is 49.1 Å². The van der Waals surface area contributed by atoms with Gasteiger partial charge in [0.05, 0.1) is 11.4 Å². The van der Waals surface area contributed by atoms with Crippen LogP contribution in [0, 0.1) is 12.8 Å². The molecule has 1 aromatic heterocycles. The molecule has 0 saturated carbocycles. The maximum atomic E-state index is 13.0. The first kappa shape index (κ1) is 19.3. The number of amides is 1. The standard InChI is InChI=1S/C23H27N5O/c1-16(24)20-9-6-14-27(15-20)23(29)22-17(2)28(26-25-22)21-12-10-19(11-13-21)18-7-4-3-5-8-18/h3-5,7-8,10-13,16,20H,6,9,14-15,24H2,1-2H3/t16-,20+/m0/s1. The molecule has 0 aliphatic carbocycles. The topological polar surface area (TPSA) is 77.0 Å². The molecule has 0 spiro atoms. The second-order valence-electron chi connectivity index (χ2n) is 7.86. The summed E-state index contributed by atoms with van der Waals surface area (Å²) in [6.07, 6.45) is 2.05. The number of benzene rings is 2. The van der Waals surface area contributed by atoms with Crippen molar-refractivity contribution in [3.63, 3.8) is 0 Å². The Balaban J connectivity index is 1.55. The Morgan fingerprint density at radius 3 is 2.48 bits per heavy atom. The molecule has 6 heteroatoms. The van der Waals surface area contributed by atoms with Crippen molar-refractivity contribution < 1.29 is 4.79 Å². The molecule has 6 nitrogen and oxygen atoms in total. The maximum Gasteiger partial charge on any atom is 0.276 e. The quantitative estimate of drug-likeness (QED) is 0.741. The molecule has 0 unspecified atom stereocenters. The fraction of sp³-hybridized carbons (Fsp3) is 0.348. The van der Waals surface area contributed by atoms with E-state index in [1.165, 1.54) is 5.56 Å². The molecule has 2 N–H and O–H groups in total. The Hall–Kier alpha value is -2.99. The summed E-state index contributed by atoms with van der Waals surface area (Å²) in [4.78, 5) is 14.9. The van der Waals surface area contributed by atoms with Crippen molar-refractivity contribution in [1.82, 2.24) is 19.9 Å². The molecule has 1 fully saturated rings. The summed E-state index contributed by atoms with van der Waals surface area (Å²) < 4.78 is 1.73. The largest absolute Gasteiger partial charge is 0.337 e. The molecule has 1 aliphatic heterocycles. The zero-order valence-electron chi connectivity index (χ0n) is 17.0. The van der Waals surface area contributed by atoms with Crippen LogP contribution in [-0.2, 0) is 0 Å². The van der Waals surface area contributed by atoms with Crippen LogP contribution in [-0.4, -0.2) is 44.9 Å². The van der Waals surface area contributed by atoms with Crippen molar-refractivity contribution in [2.45, 2.75) is 32.7 Å². The molecule has 1 amide bonds. The molecule has 2 aromatic carbocycles. The molecule has 1 saturated heterocycles. The Morgan fingerprint density at radius 1 is 1.10 bits per heavy atom. The number of hydrogen-bond acceptors (Lipinski definition) is 4. The minimum Gasteiger partial charge on any atom is -0.337 e. The first-order chi connectivity index (χ1) is 14.0. The third-order valence-electron chi connectivity index (χ3n) is 5.80. The van der Waals surface area contributed by atoms with Crippen molar-refractivity contribution >= 4 is 5.91 Å². The summed E-state index contributed by atoms with van der Waals surface area (Å²) in [7, 11) is 0. The minimum absolute atomic E-state index is 0.0556. The summed E-state index contributed by atoms with van der Waals surface area (Å²) in [5.74, 6) is 0.286. The summed E-state index contributed by atoms with van der Waals surface area (Å²) in [6, 6.07) is 18.5. The molecule has 2 atom stereocenters. The number of aromatic nitrogens is 3. The molecule has 29 heavy (non-hydrogen) atoms. The SMILES string of the molecule is Cc1c(C(=O)N2CCC[C@@H]([C@H](C)N)C2)nnn1-c1ccc(-c2ccccc2)cc1. The number of nitrogens with zero attached hydrogens (tertiary/aromatic N) is 4. The smallest absolute Gasteiger partial charge is 0.276 e. The van der Waals surface area contributed by atoms with Crippen LogP contribution in [0.2, 0.25) is 0 Å². The van der Waals surface area contributed by atoms with Crippen LogP contribution in [0.15, 0.2) is 54.6 Å². The fourth-order valence-electron chi connectivity index (χ4n) is 3.97. The summed E-state index contributed by atoms with van der Waals surface area (Å²) in [5, 5.41) is 8.46. The molecule has 2 heterocycles. The molecular formula is C23H27N5O. The maximum absolute atomic E-state index is 13.0. The van der Waals surface area contributed by atoms with E-state index in [-0.39, 0.29) is 11.9 Å². The van der Waals surface area contributed by atoms with Crippen LogP contribution in [0.3, 0.4) is 0 Å². The lowest BCUT2D eigenvalue weighted by molar-refractivity contribution is 0.0654. The van der Waals surface area contributed by atoms with E-state index < -0.39 is 0 Å². The zero-order chi connectivity index (χ0) is 20.4. The van der Waals surface area contributed by atoms with Gasteiger partial charge in [-0.2, -0.15) is 0 Å². The predicted octanol–water partition coefficient (Wildman–Crippen LogP) is 3.44. The van der Waals surface area contributed by atoms with Gasteiger partial charge in [0.25, 0.3) is 5.91 Å². The third-order valence-corrected chi connectivity index (χ3v) is 5.80. The van der Waals surface area contributed by atoms with Gasteiger partial charge in [0, 0.05) is 19.1 Å². The lowest BCUT2D eigenvalue weighted by atomic mass is 9.92. The van der Waals surface area contributed by atoms with Gasteiger partial charge in [0.1, 0.15) is 0 Å². The highest BCUT2D eigenvalue weighted by Gasteiger charge is 2.29. The molecule has 0 bridgehead atoms. The number of carbonyl (C=O) groups is 1. The lowest BCUT2D eigenvalue weighted by Crippen LogP contribution is -2.45. The summed E-state index contributed by atoms with van der Waals surface area (Å²) >= 11 is 0. The van der Waals surface area contributed by atoms with Gasteiger partial charge in [-0.15, -0.1) is 5.10 Å². The summed E-state index contributed by atoms with van der Waals surface area (Å²) in [5.41, 5.74) is 10.4. The van der Waals surface area contributed by atoms with Gasteiger partial charge in [-0.3, -0.25) is 4.79 Å². The highest BCUT2D eigenvalue weighted by Crippen LogP contribution is 2.23. The van der Waals surface area contributed by atoms with E-state index in [0.29, 0.717) is 18.2 Å². The van der Waals surface area contributed by atoms with E-state index in [4.69, 9.17) is 5.73 Å². The first-order valence-corrected chi connectivity index (χ1v) is 10.2. The van der Waals surface area contributed by atoms with Gasteiger partial charge in [0.2, 0.25) is 0 Å². The number of piperidine rings is 1. The second-order valence-corrected chi connectivity index (χ2v) is 7.86. The van der Waals surface area contributed by atoms with Gasteiger partial charge >= 0.3 is 0 Å². The van der Waals surface area contributed by atoms with Crippen LogP contribution < -0.4 is 5.73 Å². The molecule has 3 aromatic rings. The van der Waals surface area contributed by atoms with E-state index in [0.717, 1.165) is 36.3 Å². The van der Waals surface area contributed by atoms with Crippen molar-refractivity contribution in [3.8, 4) is 16.8 Å². The van der Waals surface area contributed by atoms with Gasteiger partial charge in [-0.05, 0) is 55.9 Å². The Labute approximate surface area is 171 Å². The van der Waals surface area contributed by atoms with Gasteiger partial charge < -0.3 is 10.6 Å². The van der Waals surface area contributed by atoms with Crippen molar-refractivity contribution in [3.05, 3.63) is 66.0 Å². The highest BCUT2D eigenvalue weighted by molar-refractivity contribution is 5.93.